The van der Waals surface area contributed by atoms with Crippen LogP contribution in [0.5, 0.6) is 0 Å². The standard InChI is InChI=1S/C26H32F3N5O2/c1-16-12-21(35)23-22(16)24(32-15-31-23)33-8-10-34(11-9-33)25(36)20(14-30-13-17-2-3-17)18-4-6-19(7-5-18)26(27,28)29/h4-7,15-17,20-21,30,35H,2-3,8-14H2,1H3/t16-,20-,21+/m1/s1. The lowest BCUT2D eigenvalue weighted by Crippen LogP contribution is -2.51. The number of aliphatic hydroxyl groups excluding tert-OH is 1. The quantitative estimate of drug-likeness (QED) is 0.602. The van der Waals surface area contributed by atoms with Crippen molar-refractivity contribution < 1.29 is 23.1 Å². The molecule has 3 aliphatic rings. The third kappa shape index (κ3) is 5.20. The van der Waals surface area contributed by atoms with Crippen LogP contribution in [-0.2, 0) is 11.0 Å². The van der Waals surface area contributed by atoms with E-state index in [4.69, 9.17) is 0 Å². The topological polar surface area (TPSA) is 81.6 Å². The zero-order valence-electron chi connectivity index (χ0n) is 20.3. The number of nitrogens with zero attached hydrogens (tertiary/aromatic N) is 4. The zero-order chi connectivity index (χ0) is 25.4. The normalized spacial score (nSPS) is 23.0. The van der Waals surface area contributed by atoms with Gasteiger partial charge in [0.05, 0.1) is 23.3 Å². The fraction of sp³-hybridized carbons (Fsp3) is 0.577. The summed E-state index contributed by atoms with van der Waals surface area (Å²) in [5.41, 5.74) is 1.55. The summed E-state index contributed by atoms with van der Waals surface area (Å²) in [6, 6.07) is 4.97. The summed E-state index contributed by atoms with van der Waals surface area (Å²) in [6.45, 7) is 5.45. The molecule has 1 saturated heterocycles. The van der Waals surface area contributed by atoms with Gasteiger partial charge in [-0.25, -0.2) is 9.97 Å². The molecule has 0 bridgehead atoms. The predicted octanol–water partition coefficient (Wildman–Crippen LogP) is 3.47. The maximum atomic E-state index is 13.6. The molecule has 1 saturated carbocycles. The van der Waals surface area contributed by atoms with Gasteiger partial charge in [0.1, 0.15) is 12.1 Å². The molecule has 3 atom stereocenters. The van der Waals surface area contributed by atoms with Crippen molar-refractivity contribution in [1.82, 2.24) is 20.2 Å². The van der Waals surface area contributed by atoms with Gasteiger partial charge in [-0.05, 0) is 55.3 Å². The Balaban J connectivity index is 1.28. The first-order chi connectivity index (χ1) is 17.2. The molecule has 194 valence electrons. The molecule has 2 fully saturated rings. The van der Waals surface area contributed by atoms with E-state index < -0.39 is 23.8 Å². The predicted molar refractivity (Wildman–Crippen MR) is 129 cm³/mol. The molecule has 0 spiro atoms. The fourth-order valence-electron chi connectivity index (χ4n) is 5.32. The minimum absolute atomic E-state index is 0.0746. The van der Waals surface area contributed by atoms with E-state index in [1.54, 1.807) is 4.90 Å². The average Bonchev–Trinajstić information content (AvgIpc) is 3.65. The Morgan fingerprint density at radius 1 is 1.14 bits per heavy atom. The number of amides is 1. The van der Waals surface area contributed by atoms with Crippen molar-refractivity contribution in [2.24, 2.45) is 5.92 Å². The van der Waals surface area contributed by atoms with E-state index in [2.05, 4.69) is 27.1 Å². The molecule has 2 aliphatic carbocycles. The fourth-order valence-corrected chi connectivity index (χ4v) is 5.32. The van der Waals surface area contributed by atoms with Gasteiger partial charge in [-0.2, -0.15) is 13.2 Å². The Labute approximate surface area is 208 Å². The molecule has 10 heteroatoms. The van der Waals surface area contributed by atoms with E-state index in [-0.39, 0.29) is 11.8 Å². The second-order valence-electron chi connectivity index (χ2n) is 10.2. The van der Waals surface area contributed by atoms with Crippen molar-refractivity contribution in [2.45, 2.75) is 50.3 Å². The summed E-state index contributed by atoms with van der Waals surface area (Å²) in [6.07, 6.45) is -0.520. The number of hydrogen-bond acceptors (Lipinski definition) is 6. The van der Waals surface area contributed by atoms with Crippen molar-refractivity contribution in [3.8, 4) is 0 Å². The van der Waals surface area contributed by atoms with Crippen LogP contribution in [0.15, 0.2) is 30.6 Å². The van der Waals surface area contributed by atoms with Crippen LogP contribution >= 0.6 is 0 Å². The van der Waals surface area contributed by atoms with Crippen molar-refractivity contribution in [3.63, 3.8) is 0 Å². The largest absolute Gasteiger partial charge is 0.416 e. The van der Waals surface area contributed by atoms with Crippen molar-refractivity contribution in [2.75, 3.05) is 44.2 Å². The molecule has 2 aromatic rings. The third-order valence-electron chi connectivity index (χ3n) is 7.59. The van der Waals surface area contributed by atoms with Gasteiger partial charge >= 0.3 is 6.18 Å². The monoisotopic (exact) mass is 503 g/mol. The number of halogens is 3. The van der Waals surface area contributed by atoms with Crippen LogP contribution in [0.3, 0.4) is 0 Å². The number of hydrogen-bond donors (Lipinski definition) is 2. The summed E-state index contributed by atoms with van der Waals surface area (Å²) in [5.74, 6) is 0.992. The smallest absolute Gasteiger partial charge is 0.387 e. The number of rotatable bonds is 7. The number of anilines is 1. The van der Waals surface area contributed by atoms with Gasteiger partial charge in [-0.15, -0.1) is 0 Å². The molecule has 1 aromatic carbocycles. The molecule has 1 aliphatic heterocycles. The number of aliphatic hydroxyl groups is 1. The number of aromatic nitrogens is 2. The lowest BCUT2D eigenvalue weighted by Gasteiger charge is -2.38. The maximum Gasteiger partial charge on any atom is 0.416 e. The highest BCUT2D eigenvalue weighted by Crippen LogP contribution is 2.43. The third-order valence-corrected chi connectivity index (χ3v) is 7.59. The van der Waals surface area contributed by atoms with Crippen LogP contribution in [0.1, 0.15) is 66.5 Å². The van der Waals surface area contributed by atoms with Gasteiger partial charge in [-0.3, -0.25) is 4.79 Å². The Bertz CT molecular complexity index is 1080. The van der Waals surface area contributed by atoms with Crippen LogP contribution in [0, 0.1) is 5.92 Å². The minimum Gasteiger partial charge on any atom is -0.387 e. The number of piperazine rings is 1. The molecule has 7 nitrogen and oxygen atoms in total. The van der Waals surface area contributed by atoms with Crippen LogP contribution in [0.2, 0.25) is 0 Å². The van der Waals surface area contributed by atoms with Crippen LogP contribution < -0.4 is 10.2 Å². The summed E-state index contributed by atoms with van der Waals surface area (Å²) in [5, 5.41) is 13.7. The Hall–Kier alpha value is -2.72. The van der Waals surface area contributed by atoms with Gasteiger partial charge in [-0.1, -0.05) is 19.1 Å². The van der Waals surface area contributed by atoms with E-state index in [9.17, 15) is 23.1 Å². The first-order valence-corrected chi connectivity index (χ1v) is 12.7. The molecule has 0 unspecified atom stereocenters. The number of carbonyl (C=O) groups excluding carboxylic acids is 1. The SMILES string of the molecule is C[C@@H]1C[C@H](O)c2ncnc(N3CCN(C(=O)[C@H](CNCC4CC4)c4ccc(C(F)(F)F)cc4)CC3)c21. The number of alkyl halides is 3. The van der Waals surface area contributed by atoms with E-state index in [0.29, 0.717) is 56.3 Å². The number of carbonyl (C=O) groups is 1. The highest BCUT2D eigenvalue weighted by atomic mass is 19.4. The van der Waals surface area contributed by atoms with Gasteiger partial charge in [0.25, 0.3) is 0 Å². The molecule has 36 heavy (non-hydrogen) atoms. The van der Waals surface area contributed by atoms with Crippen LogP contribution in [0.4, 0.5) is 19.0 Å². The van der Waals surface area contributed by atoms with E-state index >= 15 is 0 Å². The molecule has 2 heterocycles. The Morgan fingerprint density at radius 3 is 2.47 bits per heavy atom. The van der Waals surface area contributed by atoms with Crippen molar-refractivity contribution >= 4 is 11.7 Å². The first-order valence-electron chi connectivity index (χ1n) is 12.7. The highest BCUT2D eigenvalue weighted by molar-refractivity contribution is 5.84. The van der Waals surface area contributed by atoms with Crippen LogP contribution in [0.25, 0.3) is 0 Å². The first kappa shape index (κ1) is 25.0. The number of fused-ring (bicyclic) bond motifs is 1. The Morgan fingerprint density at radius 2 is 1.83 bits per heavy atom. The van der Waals surface area contributed by atoms with E-state index in [0.717, 1.165) is 30.1 Å². The molecule has 0 radical (unpaired) electrons. The van der Waals surface area contributed by atoms with Gasteiger partial charge in [0.15, 0.2) is 0 Å². The Kier molecular flexibility index (Phi) is 6.91. The van der Waals surface area contributed by atoms with Gasteiger partial charge < -0.3 is 20.2 Å². The number of nitrogens with one attached hydrogen (secondary N) is 1. The van der Waals surface area contributed by atoms with Crippen LogP contribution in [-0.4, -0.2) is 65.2 Å². The zero-order valence-corrected chi connectivity index (χ0v) is 20.3. The lowest BCUT2D eigenvalue weighted by atomic mass is 9.95. The lowest BCUT2D eigenvalue weighted by molar-refractivity contribution is -0.137. The number of benzene rings is 1. The molecule has 2 N–H and O–H groups in total. The molecular formula is C26H32F3N5O2. The maximum absolute atomic E-state index is 13.6. The van der Waals surface area contributed by atoms with E-state index in [1.807, 2.05) is 0 Å². The second-order valence-corrected chi connectivity index (χ2v) is 10.2. The summed E-state index contributed by atoms with van der Waals surface area (Å²) in [7, 11) is 0. The van der Waals surface area contributed by atoms with Crippen molar-refractivity contribution in [3.05, 3.63) is 53.0 Å². The van der Waals surface area contributed by atoms with Gasteiger partial charge in [0.2, 0.25) is 5.91 Å². The molecule has 5 rings (SSSR count). The van der Waals surface area contributed by atoms with Gasteiger partial charge in [0, 0.05) is 38.3 Å². The summed E-state index contributed by atoms with van der Waals surface area (Å²) in [4.78, 5) is 26.3. The summed E-state index contributed by atoms with van der Waals surface area (Å²) < 4.78 is 39.2. The van der Waals surface area contributed by atoms with Crippen molar-refractivity contribution in [1.29, 1.82) is 0 Å². The highest BCUT2D eigenvalue weighted by Gasteiger charge is 2.36. The molecule has 1 aromatic heterocycles. The molecule has 1 amide bonds. The van der Waals surface area contributed by atoms with E-state index in [1.165, 1.54) is 31.3 Å². The summed E-state index contributed by atoms with van der Waals surface area (Å²) >= 11 is 0. The molecular weight excluding hydrogens is 471 g/mol. The second kappa shape index (κ2) is 9.97. The average molecular weight is 504 g/mol. The minimum atomic E-state index is -4.41.